The number of hydrogen-bond donors (Lipinski definition) is 1. The highest BCUT2D eigenvalue weighted by Crippen LogP contribution is 2.55. The van der Waals surface area contributed by atoms with Crippen LogP contribution in [0.5, 0.6) is 0 Å². The zero-order chi connectivity index (χ0) is 35.6. The molecule has 15 atom stereocenters. The summed E-state index contributed by atoms with van der Waals surface area (Å²) in [4.78, 5) is 0. The summed E-state index contributed by atoms with van der Waals surface area (Å²) in [5.41, 5.74) is 0.879. The third-order valence-electron chi connectivity index (χ3n) is 11.5. The number of aliphatic hydroxyl groups excluding tert-OH is 1. The molecule has 0 saturated carbocycles. The lowest BCUT2D eigenvalue weighted by Gasteiger charge is -2.30. The van der Waals surface area contributed by atoms with E-state index in [1.807, 2.05) is 51.1 Å². The van der Waals surface area contributed by atoms with Crippen LogP contribution in [0.1, 0.15) is 94.6 Å². The van der Waals surface area contributed by atoms with E-state index in [2.05, 4.69) is 55.4 Å². The van der Waals surface area contributed by atoms with Crippen LogP contribution in [0.3, 0.4) is 0 Å². The summed E-state index contributed by atoms with van der Waals surface area (Å²) < 4.78 is 58.0. The Morgan fingerprint density at radius 2 is 1.23 bits per heavy atom. The fourth-order valence-corrected chi connectivity index (χ4v) is 8.18. The van der Waals surface area contributed by atoms with E-state index in [0.717, 1.165) is 12.0 Å². The van der Waals surface area contributed by atoms with Gasteiger partial charge in [0, 0.05) is 18.4 Å². The molecule has 2 aliphatic heterocycles. The third kappa shape index (κ3) is 11.3. The van der Waals surface area contributed by atoms with Gasteiger partial charge in [0.2, 0.25) is 0 Å². The second-order valence-corrected chi connectivity index (χ2v) is 16.6. The van der Waals surface area contributed by atoms with Gasteiger partial charge in [-0.15, -0.1) is 0 Å². The number of rotatable bonds is 21. The van der Waals surface area contributed by atoms with Crippen molar-refractivity contribution in [1.82, 2.24) is 0 Å². The number of aliphatic hydroxyl groups is 1. The quantitative estimate of drug-likeness (QED) is 0.126. The maximum atomic E-state index is 14.4. The number of phosphoric acid groups is 1. The van der Waals surface area contributed by atoms with Crippen molar-refractivity contribution in [3.05, 3.63) is 35.9 Å². The average molecular weight is 699 g/mol. The van der Waals surface area contributed by atoms with E-state index in [9.17, 15) is 9.67 Å². The average Bonchev–Trinajstić information content (AvgIpc) is 3.55. The molecule has 48 heavy (non-hydrogen) atoms. The van der Waals surface area contributed by atoms with E-state index >= 15 is 0 Å². The fourth-order valence-electron chi connectivity index (χ4n) is 6.64. The van der Waals surface area contributed by atoms with E-state index < -0.39 is 20.2 Å². The monoisotopic (exact) mass is 698 g/mol. The molecule has 3 rings (SSSR count). The number of ether oxygens (including phenoxy) is 4. The first-order valence-corrected chi connectivity index (χ1v) is 20.0. The Bertz CT molecular complexity index is 1090. The summed E-state index contributed by atoms with van der Waals surface area (Å²) in [7, 11) is -4.02. The Kier molecular flexibility index (Phi) is 17.0. The molecule has 0 spiro atoms. The molecular formula is C38H67O9P. The highest BCUT2D eigenvalue weighted by atomic mass is 31.2. The predicted octanol–water partition coefficient (Wildman–Crippen LogP) is 8.73. The predicted molar refractivity (Wildman–Crippen MR) is 189 cm³/mol. The van der Waals surface area contributed by atoms with E-state index in [0.29, 0.717) is 31.5 Å². The van der Waals surface area contributed by atoms with Crippen LogP contribution in [0, 0.1) is 53.3 Å². The van der Waals surface area contributed by atoms with Crippen LogP contribution in [0.25, 0.3) is 0 Å². The van der Waals surface area contributed by atoms with Crippen molar-refractivity contribution >= 4 is 7.82 Å². The Labute approximate surface area is 291 Å². The van der Waals surface area contributed by atoms with E-state index in [-0.39, 0.29) is 79.7 Å². The lowest BCUT2D eigenvalue weighted by atomic mass is 9.86. The molecule has 9 nitrogen and oxygen atoms in total. The molecule has 2 aliphatic rings. The van der Waals surface area contributed by atoms with E-state index in [4.69, 9.17) is 32.5 Å². The van der Waals surface area contributed by atoms with Crippen molar-refractivity contribution < 1.29 is 42.2 Å². The van der Waals surface area contributed by atoms with Crippen molar-refractivity contribution in [2.24, 2.45) is 53.3 Å². The van der Waals surface area contributed by atoms with Crippen LogP contribution in [-0.4, -0.2) is 62.4 Å². The molecule has 2 fully saturated rings. The highest BCUT2D eigenvalue weighted by Gasteiger charge is 2.47. The second-order valence-electron chi connectivity index (χ2n) is 15.0. The highest BCUT2D eigenvalue weighted by molar-refractivity contribution is 7.48. The summed E-state index contributed by atoms with van der Waals surface area (Å²) in [6.07, 6.45) is 0.337. The lowest BCUT2D eigenvalue weighted by Crippen LogP contribution is -2.31. The van der Waals surface area contributed by atoms with Gasteiger partial charge in [0.25, 0.3) is 0 Å². The zero-order valence-corrected chi connectivity index (χ0v) is 32.5. The summed E-state index contributed by atoms with van der Waals surface area (Å²) >= 11 is 0. The molecule has 0 amide bonds. The van der Waals surface area contributed by atoms with Crippen molar-refractivity contribution in [2.45, 2.75) is 127 Å². The molecular weight excluding hydrogens is 631 g/mol. The topological polar surface area (TPSA) is 102 Å². The Hall–Kier alpha value is -0.870. The minimum absolute atomic E-state index is 0.0604. The number of phosphoric ester groups is 1. The Balaban J connectivity index is 1.64. The van der Waals surface area contributed by atoms with Crippen LogP contribution in [-0.2, 0) is 43.7 Å². The molecule has 0 bridgehead atoms. The first-order chi connectivity index (χ1) is 22.7. The van der Waals surface area contributed by atoms with Crippen LogP contribution in [0.4, 0.5) is 0 Å². The molecule has 9 unspecified atom stereocenters. The first-order valence-electron chi connectivity index (χ1n) is 18.5. The van der Waals surface area contributed by atoms with Crippen LogP contribution >= 0.6 is 7.82 Å². The minimum atomic E-state index is -4.02. The second kappa shape index (κ2) is 19.7. The molecule has 2 heterocycles. The number of benzene rings is 1. The van der Waals surface area contributed by atoms with Gasteiger partial charge < -0.3 is 24.1 Å². The molecule has 0 aliphatic carbocycles. The summed E-state index contributed by atoms with van der Waals surface area (Å²) in [5.74, 6) is 1.83. The maximum absolute atomic E-state index is 14.4. The standard InChI is InChI=1S/C38H67O9P/c1-12-34-30(9)31(10)37(45-34)41-21-26(5)29(8)27(6)22-43-48(40,44-23-33-17-15-14-16-18-33)47-36-32(11)38(46-35(36)13-2)42-20-25(4)28(7)24(3)19-39/h14-18,24-32,34-39H,12-13,19-23H2,1-11H3/t24?,25?,26?,27?,28?,29?,30-,31?,32?,34-,35-,36-,37-,38-,48?/m1/s1. The van der Waals surface area contributed by atoms with Gasteiger partial charge in [-0.25, -0.2) is 4.57 Å². The molecule has 1 aromatic carbocycles. The zero-order valence-electron chi connectivity index (χ0n) is 31.6. The summed E-state index contributed by atoms with van der Waals surface area (Å²) in [6.45, 7) is 24.9. The van der Waals surface area contributed by atoms with E-state index in [1.165, 1.54) is 0 Å². The SMILES string of the molecule is CC[C@H]1O[C@@H](OCC(C)C(C)C(C)COP(=O)(OCc2ccccc2)O[C@@H]2C(C)[C@H](OCC(C)C(C)C(C)CO)O[C@@H]2CC)C(C)[C@H]1C. The van der Waals surface area contributed by atoms with Gasteiger partial charge in [-0.2, -0.15) is 0 Å². The molecule has 278 valence electrons. The first kappa shape index (κ1) is 41.5. The van der Waals surface area contributed by atoms with Gasteiger partial charge >= 0.3 is 7.82 Å². The van der Waals surface area contributed by atoms with Crippen LogP contribution in [0.2, 0.25) is 0 Å². The van der Waals surface area contributed by atoms with Gasteiger partial charge in [0.15, 0.2) is 12.6 Å². The van der Waals surface area contributed by atoms with Gasteiger partial charge in [-0.05, 0) is 59.8 Å². The minimum Gasteiger partial charge on any atom is -0.396 e. The smallest absolute Gasteiger partial charge is 0.396 e. The van der Waals surface area contributed by atoms with Crippen LogP contribution in [0.15, 0.2) is 30.3 Å². The molecule has 0 radical (unpaired) electrons. The Morgan fingerprint density at radius 3 is 1.77 bits per heavy atom. The molecule has 1 N–H and O–H groups in total. The third-order valence-corrected chi connectivity index (χ3v) is 12.9. The molecule has 2 saturated heterocycles. The lowest BCUT2D eigenvalue weighted by molar-refractivity contribution is -0.158. The normalized spacial score (nSPS) is 32.8. The van der Waals surface area contributed by atoms with E-state index in [1.54, 1.807) is 0 Å². The van der Waals surface area contributed by atoms with Gasteiger partial charge in [-0.1, -0.05) is 106 Å². The largest absolute Gasteiger partial charge is 0.475 e. The van der Waals surface area contributed by atoms with Gasteiger partial charge in [0.05, 0.1) is 38.6 Å². The summed E-state index contributed by atoms with van der Waals surface area (Å²) in [5, 5.41) is 9.59. The van der Waals surface area contributed by atoms with Gasteiger partial charge in [-0.3, -0.25) is 13.6 Å². The molecule has 0 aromatic heterocycles. The van der Waals surface area contributed by atoms with Gasteiger partial charge in [0.1, 0.15) is 6.10 Å². The van der Waals surface area contributed by atoms with Crippen molar-refractivity contribution in [2.75, 3.05) is 26.4 Å². The molecule has 1 aromatic rings. The fraction of sp³-hybridized carbons (Fsp3) is 0.842. The number of hydrogen-bond acceptors (Lipinski definition) is 9. The van der Waals surface area contributed by atoms with Crippen molar-refractivity contribution in [3.8, 4) is 0 Å². The Morgan fingerprint density at radius 1 is 0.708 bits per heavy atom. The van der Waals surface area contributed by atoms with Crippen LogP contribution < -0.4 is 0 Å². The molecule has 10 heteroatoms. The summed E-state index contributed by atoms with van der Waals surface area (Å²) in [6, 6.07) is 9.62. The van der Waals surface area contributed by atoms with Crippen molar-refractivity contribution in [1.29, 1.82) is 0 Å². The van der Waals surface area contributed by atoms with Crippen molar-refractivity contribution in [3.63, 3.8) is 0 Å². The maximum Gasteiger partial charge on any atom is 0.475 e.